The predicted octanol–water partition coefficient (Wildman–Crippen LogP) is 1.76. The molecule has 12 nitrogen and oxygen atoms in total. The molecule has 0 aliphatic carbocycles. The van der Waals surface area contributed by atoms with Gasteiger partial charge in [-0.1, -0.05) is 12.1 Å². The largest absolute Gasteiger partial charge is 0.493 e. The van der Waals surface area contributed by atoms with Gasteiger partial charge >= 0.3 is 23.9 Å². The van der Waals surface area contributed by atoms with Crippen molar-refractivity contribution < 1.29 is 57.1 Å². The number of hydrogen-bond acceptors (Lipinski definition) is 12. The smallest absolute Gasteiger partial charge is 0.303 e. The molecule has 0 N–H and O–H groups in total. The first kappa shape index (κ1) is 29.3. The van der Waals surface area contributed by atoms with Gasteiger partial charge in [-0.05, 0) is 30.7 Å². The van der Waals surface area contributed by atoms with E-state index in [4.69, 9.17) is 33.2 Å². The van der Waals surface area contributed by atoms with Gasteiger partial charge in [-0.25, -0.2) is 0 Å². The van der Waals surface area contributed by atoms with E-state index in [1.54, 1.807) is 18.2 Å². The molecule has 0 bridgehead atoms. The molecular weight excluding hydrogens is 492 g/mol. The summed E-state index contributed by atoms with van der Waals surface area (Å²) in [7, 11) is 1.40. The fourth-order valence-electron chi connectivity index (χ4n) is 3.51. The molecule has 5 unspecified atom stereocenters. The van der Waals surface area contributed by atoms with Gasteiger partial charge in [0.25, 0.3) is 0 Å². The van der Waals surface area contributed by atoms with Crippen molar-refractivity contribution in [3.8, 4) is 11.5 Å². The van der Waals surface area contributed by atoms with E-state index in [2.05, 4.69) is 0 Å². The average Bonchev–Trinajstić information content (AvgIpc) is 2.79. The fourth-order valence-corrected chi connectivity index (χ4v) is 3.51. The van der Waals surface area contributed by atoms with Crippen molar-refractivity contribution >= 4 is 35.7 Å². The van der Waals surface area contributed by atoms with Gasteiger partial charge in [-0.2, -0.15) is 0 Å². The maximum Gasteiger partial charge on any atom is 0.303 e. The minimum Gasteiger partial charge on any atom is -0.493 e. The molecule has 1 fully saturated rings. The molecular formula is C25H30O12. The van der Waals surface area contributed by atoms with E-state index < -0.39 is 54.6 Å². The van der Waals surface area contributed by atoms with Crippen molar-refractivity contribution in [2.45, 2.75) is 65.3 Å². The van der Waals surface area contributed by atoms with Crippen LogP contribution < -0.4 is 9.47 Å². The van der Waals surface area contributed by atoms with Crippen LogP contribution in [0, 0.1) is 0 Å². The Morgan fingerprint density at radius 1 is 0.811 bits per heavy atom. The Morgan fingerprint density at radius 3 is 1.95 bits per heavy atom. The molecule has 1 aliphatic heterocycles. The van der Waals surface area contributed by atoms with E-state index in [0.717, 1.165) is 20.8 Å². The average molecular weight is 523 g/mol. The molecule has 12 heteroatoms. The van der Waals surface area contributed by atoms with Gasteiger partial charge in [0.2, 0.25) is 12.4 Å². The summed E-state index contributed by atoms with van der Waals surface area (Å²) in [5.41, 5.74) is 0.640. The van der Waals surface area contributed by atoms with Crippen LogP contribution in [0.2, 0.25) is 0 Å². The maximum absolute atomic E-state index is 12.0. The summed E-state index contributed by atoms with van der Waals surface area (Å²) in [5.74, 6) is -2.62. The second-order valence-corrected chi connectivity index (χ2v) is 8.04. The molecule has 1 aromatic rings. The van der Waals surface area contributed by atoms with Crippen LogP contribution in [-0.2, 0) is 47.7 Å². The molecule has 0 aromatic heterocycles. The van der Waals surface area contributed by atoms with Crippen molar-refractivity contribution in [1.29, 1.82) is 0 Å². The molecule has 1 saturated heterocycles. The monoisotopic (exact) mass is 522 g/mol. The molecule has 0 saturated carbocycles. The van der Waals surface area contributed by atoms with Gasteiger partial charge in [0.05, 0.1) is 7.11 Å². The lowest BCUT2D eigenvalue weighted by molar-refractivity contribution is -0.288. The summed E-state index contributed by atoms with van der Waals surface area (Å²) in [6.45, 7) is 5.59. The quantitative estimate of drug-likeness (QED) is 0.250. The minimum absolute atomic E-state index is 0.142. The molecule has 1 aromatic carbocycles. The van der Waals surface area contributed by atoms with Crippen LogP contribution in [0.4, 0.5) is 0 Å². The molecule has 0 radical (unpaired) electrons. The lowest BCUT2D eigenvalue weighted by Gasteiger charge is -2.44. The summed E-state index contributed by atoms with van der Waals surface area (Å²) in [6.07, 6.45) is -3.65. The lowest BCUT2D eigenvalue weighted by Crippen LogP contribution is -2.63. The SMILES string of the molecule is COc1cc(/C=C/C(C)=O)ccc1OC1OC(COC(C)=O)C(OC(C)=O)C(OC(C)=O)C1OC(C)=O. The van der Waals surface area contributed by atoms with Gasteiger partial charge in [-0.3, -0.25) is 24.0 Å². The number of esters is 4. The highest BCUT2D eigenvalue weighted by Crippen LogP contribution is 2.35. The minimum atomic E-state index is -1.41. The van der Waals surface area contributed by atoms with E-state index in [1.807, 2.05) is 0 Å². The summed E-state index contributed by atoms with van der Waals surface area (Å²) in [6, 6.07) is 4.77. The molecule has 5 atom stereocenters. The maximum atomic E-state index is 12.0. The van der Waals surface area contributed by atoms with Gasteiger partial charge < -0.3 is 33.2 Å². The second kappa shape index (κ2) is 13.4. The molecule has 1 aliphatic rings. The predicted molar refractivity (Wildman–Crippen MR) is 125 cm³/mol. The second-order valence-electron chi connectivity index (χ2n) is 8.04. The Hall–Kier alpha value is -3.93. The number of hydrogen-bond donors (Lipinski definition) is 0. The van der Waals surface area contributed by atoms with E-state index >= 15 is 0 Å². The third kappa shape index (κ3) is 8.90. The highest BCUT2D eigenvalue weighted by Gasteiger charge is 2.53. The number of rotatable bonds is 10. The Kier molecular flexibility index (Phi) is 10.6. The van der Waals surface area contributed by atoms with Crippen LogP contribution >= 0.6 is 0 Å². The number of ketones is 1. The molecule has 1 heterocycles. The van der Waals surface area contributed by atoms with Crippen molar-refractivity contribution in [2.24, 2.45) is 0 Å². The van der Waals surface area contributed by atoms with Gasteiger partial charge in [0, 0.05) is 27.7 Å². The lowest BCUT2D eigenvalue weighted by atomic mass is 9.98. The van der Waals surface area contributed by atoms with Crippen LogP contribution in [-0.4, -0.2) is 74.1 Å². The van der Waals surface area contributed by atoms with E-state index in [-0.39, 0.29) is 23.9 Å². The van der Waals surface area contributed by atoms with Crippen molar-refractivity contribution in [1.82, 2.24) is 0 Å². The number of carbonyl (C=O) groups excluding carboxylic acids is 5. The Labute approximate surface area is 213 Å². The number of methoxy groups -OCH3 is 1. The third-order valence-electron chi connectivity index (χ3n) is 4.89. The first-order valence-electron chi connectivity index (χ1n) is 11.2. The molecule has 2 rings (SSSR count). The molecule has 37 heavy (non-hydrogen) atoms. The van der Waals surface area contributed by atoms with Crippen LogP contribution in [0.1, 0.15) is 40.2 Å². The van der Waals surface area contributed by atoms with Crippen molar-refractivity contribution in [3.05, 3.63) is 29.8 Å². The van der Waals surface area contributed by atoms with Crippen LogP contribution in [0.15, 0.2) is 24.3 Å². The summed E-state index contributed by atoms with van der Waals surface area (Å²) < 4.78 is 38.5. The van der Waals surface area contributed by atoms with Gasteiger partial charge in [0.15, 0.2) is 29.5 Å². The third-order valence-corrected chi connectivity index (χ3v) is 4.89. The first-order valence-corrected chi connectivity index (χ1v) is 11.2. The number of allylic oxidation sites excluding steroid dienone is 1. The van der Waals surface area contributed by atoms with Crippen LogP contribution in [0.25, 0.3) is 6.08 Å². The standard InChI is InChI=1S/C25H30O12/c1-13(26)7-8-18-9-10-19(20(11-18)31-6)36-25-24(35-17(5)30)23(34-16(4)29)22(33-15(3)28)21(37-25)12-32-14(2)27/h7-11,21-25H,12H2,1-6H3/b8-7+. The number of benzene rings is 1. The van der Waals surface area contributed by atoms with E-state index in [1.165, 1.54) is 33.1 Å². The molecule has 202 valence electrons. The first-order chi connectivity index (χ1) is 17.4. The summed E-state index contributed by atoms with van der Waals surface area (Å²) in [5, 5.41) is 0. The zero-order valence-electron chi connectivity index (χ0n) is 21.4. The zero-order valence-corrected chi connectivity index (χ0v) is 21.4. The van der Waals surface area contributed by atoms with Crippen LogP contribution in [0.5, 0.6) is 11.5 Å². The Morgan fingerprint density at radius 2 is 1.41 bits per heavy atom. The fraction of sp³-hybridized carbons (Fsp3) is 0.480. The van der Waals surface area contributed by atoms with Gasteiger partial charge in [-0.15, -0.1) is 0 Å². The number of ether oxygens (including phenoxy) is 7. The number of carbonyl (C=O) groups is 5. The highest BCUT2D eigenvalue weighted by molar-refractivity contribution is 5.91. The van der Waals surface area contributed by atoms with Crippen molar-refractivity contribution in [3.63, 3.8) is 0 Å². The van der Waals surface area contributed by atoms with Gasteiger partial charge in [0.1, 0.15) is 12.7 Å². The zero-order chi connectivity index (χ0) is 27.7. The Balaban J connectivity index is 2.50. The Bertz CT molecular complexity index is 1050. The summed E-state index contributed by atoms with van der Waals surface area (Å²) in [4.78, 5) is 58.4. The van der Waals surface area contributed by atoms with Crippen molar-refractivity contribution in [2.75, 3.05) is 13.7 Å². The summed E-state index contributed by atoms with van der Waals surface area (Å²) >= 11 is 0. The van der Waals surface area contributed by atoms with Crippen LogP contribution in [0.3, 0.4) is 0 Å². The topological polar surface area (TPSA) is 150 Å². The molecule has 0 amide bonds. The van der Waals surface area contributed by atoms with E-state index in [0.29, 0.717) is 5.56 Å². The van der Waals surface area contributed by atoms with E-state index in [9.17, 15) is 24.0 Å². The normalized spacial score (nSPS) is 23.0. The highest BCUT2D eigenvalue weighted by atomic mass is 16.7. The molecule has 0 spiro atoms.